The molecule has 2 aliphatic heterocycles. The maximum Gasteiger partial charge on any atom is 0.269 e. The van der Waals surface area contributed by atoms with Crippen LogP contribution in [0.5, 0.6) is 5.75 Å². The molecule has 0 aliphatic carbocycles. The van der Waals surface area contributed by atoms with Crippen molar-refractivity contribution in [2.24, 2.45) is 4.99 Å². The number of aliphatic imine (C=N–C) groups is 1. The molecule has 0 aromatic heterocycles. The molecule has 3 aromatic rings. The first-order valence-corrected chi connectivity index (χ1v) is 14.8. The van der Waals surface area contributed by atoms with Gasteiger partial charge >= 0.3 is 0 Å². The molecule has 9 nitrogen and oxygen atoms in total. The largest absolute Gasteiger partial charge is 0.508 e. The third kappa shape index (κ3) is 6.37. The minimum atomic E-state index is -0.135. The summed E-state index contributed by atoms with van der Waals surface area (Å²) >= 11 is 2.83. The standard InChI is InChI=1S/C30H32N6O3S2/c1-5-31-22-13-11-20(32-26(38)18-34(2)3)15-23(22)33-30-36(17-19-9-7-6-8-10-19)28(39)27(41-30)29-35(4)24-16-21(37)12-14-25(24)40-29/h6-16,31,37H,5,17-18H2,1-4H3,(H,32,38)/b29-27-,33-30-. The summed E-state index contributed by atoms with van der Waals surface area (Å²) in [5, 5.41) is 17.6. The maximum atomic E-state index is 14.0. The molecule has 2 aliphatic rings. The third-order valence-electron chi connectivity index (χ3n) is 6.38. The normalized spacial score (nSPS) is 17.5. The van der Waals surface area contributed by atoms with Gasteiger partial charge in [0.2, 0.25) is 5.91 Å². The number of fused-ring (bicyclic) bond motifs is 1. The van der Waals surface area contributed by atoms with Crippen molar-refractivity contribution in [3.8, 4) is 5.75 Å². The fourth-order valence-electron chi connectivity index (χ4n) is 4.49. The lowest BCUT2D eigenvalue weighted by Crippen LogP contribution is -2.29. The summed E-state index contributed by atoms with van der Waals surface area (Å²) in [4.78, 5) is 38.4. The van der Waals surface area contributed by atoms with Gasteiger partial charge in [-0.1, -0.05) is 42.1 Å². The highest BCUT2D eigenvalue weighted by molar-refractivity contribution is 8.19. The summed E-state index contributed by atoms with van der Waals surface area (Å²) in [5.41, 5.74) is 3.88. The van der Waals surface area contributed by atoms with E-state index in [4.69, 9.17) is 4.99 Å². The van der Waals surface area contributed by atoms with Crippen LogP contribution in [0.2, 0.25) is 0 Å². The van der Waals surface area contributed by atoms with Gasteiger partial charge in [0.25, 0.3) is 5.91 Å². The van der Waals surface area contributed by atoms with Crippen molar-refractivity contribution >= 4 is 63.3 Å². The zero-order valence-electron chi connectivity index (χ0n) is 23.3. The highest BCUT2D eigenvalue weighted by Crippen LogP contribution is 2.51. The van der Waals surface area contributed by atoms with Crippen LogP contribution in [0.15, 0.2) is 86.6 Å². The number of phenols is 1. The minimum absolute atomic E-state index is 0.125. The topological polar surface area (TPSA) is 101 Å². The van der Waals surface area contributed by atoms with Crippen molar-refractivity contribution in [1.82, 2.24) is 9.80 Å². The molecule has 11 heteroatoms. The van der Waals surface area contributed by atoms with Crippen LogP contribution in [0.25, 0.3) is 0 Å². The molecule has 0 saturated carbocycles. The van der Waals surface area contributed by atoms with Crippen molar-refractivity contribution in [2.75, 3.05) is 49.8 Å². The fourth-order valence-corrected chi connectivity index (χ4v) is 6.81. The van der Waals surface area contributed by atoms with Gasteiger partial charge in [-0.3, -0.25) is 14.5 Å². The van der Waals surface area contributed by atoms with E-state index in [1.807, 2.05) is 87.6 Å². The van der Waals surface area contributed by atoms with Gasteiger partial charge in [0.1, 0.15) is 10.7 Å². The lowest BCUT2D eigenvalue weighted by Gasteiger charge is -2.17. The predicted octanol–water partition coefficient (Wildman–Crippen LogP) is 5.50. The van der Waals surface area contributed by atoms with E-state index in [1.165, 1.54) is 23.5 Å². The van der Waals surface area contributed by atoms with Crippen molar-refractivity contribution in [2.45, 2.75) is 18.4 Å². The molecule has 2 amide bonds. The van der Waals surface area contributed by atoms with Gasteiger partial charge in [-0.2, -0.15) is 0 Å². The molecule has 0 spiro atoms. The lowest BCUT2D eigenvalue weighted by atomic mass is 10.2. The number of benzene rings is 3. The number of hydrogen-bond acceptors (Lipinski definition) is 9. The van der Waals surface area contributed by atoms with Crippen molar-refractivity contribution in [3.63, 3.8) is 0 Å². The Labute approximate surface area is 248 Å². The highest BCUT2D eigenvalue weighted by Gasteiger charge is 2.39. The molecule has 0 bridgehead atoms. The molecule has 3 N–H and O–H groups in total. The summed E-state index contributed by atoms with van der Waals surface area (Å²) < 4.78 is 0. The molecular formula is C30H32N6O3S2. The van der Waals surface area contributed by atoms with Crippen molar-refractivity contribution in [3.05, 3.63) is 82.2 Å². The summed E-state index contributed by atoms with van der Waals surface area (Å²) in [6, 6.07) is 20.6. The molecule has 0 atom stereocenters. The number of amidine groups is 1. The number of nitrogens with one attached hydrogen (secondary N) is 2. The lowest BCUT2D eigenvalue weighted by molar-refractivity contribution is -0.122. The number of phenolic OH excluding ortho intramolecular Hbond substituents is 1. The first-order chi connectivity index (χ1) is 19.7. The van der Waals surface area contributed by atoms with Crippen LogP contribution in [-0.4, -0.2) is 66.1 Å². The number of carbonyl (C=O) groups excluding carboxylic acids is 2. The Morgan fingerprint density at radius 3 is 2.56 bits per heavy atom. The predicted molar refractivity (Wildman–Crippen MR) is 169 cm³/mol. The molecule has 5 rings (SSSR count). The van der Waals surface area contributed by atoms with Crippen LogP contribution in [-0.2, 0) is 16.1 Å². The molecule has 0 radical (unpaired) electrons. The first kappa shape index (κ1) is 28.6. The van der Waals surface area contributed by atoms with Crippen LogP contribution in [0.1, 0.15) is 12.5 Å². The molecule has 3 aromatic carbocycles. The summed E-state index contributed by atoms with van der Waals surface area (Å²) in [5.74, 6) is -0.0846. The van der Waals surface area contributed by atoms with Crippen LogP contribution >= 0.6 is 23.5 Å². The number of likely N-dealkylation sites (N-methyl/N-ethyl adjacent to an activating group) is 1. The quantitative estimate of drug-likeness (QED) is 0.297. The minimum Gasteiger partial charge on any atom is -0.508 e. The van der Waals surface area contributed by atoms with Gasteiger partial charge < -0.3 is 25.5 Å². The highest BCUT2D eigenvalue weighted by atomic mass is 32.2. The van der Waals surface area contributed by atoms with Gasteiger partial charge in [-0.25, -0.2) is 4.99 Å². The Bertz CT molecular complexity index is 1540. The van der Waals surface area contributed by atoms with E-state index in [-0.39, 0.29) is 24.1 Å². The maximum absolute atomic E-state index is 14.0. The first-order valence-electron chi connectivity index (χ1n) is 13.2. The van der Waals surface area contributed by atoms with E-state index >= 15 is 0 Å². The second-order valence-corrected chi connectivity index (χ2v) is 11.9. The molecule has 0 unspecified atom stereocenters. The summed E-state index contributed by atoms with van der Waals surface area (Å²) in [7, 11) is 5.58. The van der Waals surface area contributed by atoms with E-state index in [1.54, 1.807) is 21.9 Å². The van der Waals surface area contributed by atoms with E-state index in [0.29, 0.717) is 34.5 Å². The van der Waals surface area contributed by atoms with Crippen molar-refractivity contribution < 1.29 is 14.7 Å². The number of carbonyl (C=O) groups is 2. The fraction of sp³-hybridized carbons (Fsp3) is 0.233. The van der Waals surface area contributed by atoms with Crippen LogP contribution in [0, 0.1) is 0 Å². The van der Waals surface area contributed by atoms with Crippen LogP contribution in [0.4, 0.5) is 22.7 Å². The Balaban J connectivity index is 1.55. The Morgan fingerprint density at radius 1 is 1.05 bits per heavy atom. The summed E-state index contributed by atoms with van der Waals surface area (Å²) in [6.07, 6.45) is 0. The Hall–Kier alpha value is -3.93. The monoisotopic (exact) mass is 588 g/mol. The molecule has 41 heavy (non-hydrogen) atoms. The van der Waals surface area contributed by atoms with Gasteiger partial charge in [-0.15, -0.1) is 0 Å². The average Bonchev–Trinajstić information content (AvgIpc) is 3.41. The van der Waals surface area contributed by atoms with E-state index in [2.05, 4.69) is 10.6 Å². The zero-order chi connectivity index (χ0) is 29.1. The van der Waals surface area contributed by atoms with E-state index in [9.17, 15) is 14.7 Å². The number of aromatic hydroxyl groups is 1. The second-order valence-electron chi connectivity index (χ2n) is 9.87. The third-order valence-corrected chi connectivity index (χ3v) is 8.81. The van der Waals surface area contributed by atoms with E-state index in [0.717, 1.165) is 26.9 Å². The molecule has 212 valence electrons. The summed E-state index contributed by atoms with van der Waals surface area (Å²) in [6.45, 7) is 3.31. The van der Waals surface area contributed by atoms with Gasteiger partial charge in [0.15, 0.2) is 5.17 Å². The molecule has 2 heterocycles. The number of amides is 2. The molecule has 1 fully saturated rings. The van der Waals surface area contributed by atoms with Crippen LogP contribution < -0.4 is 15.5 Å². The number of nitrogens with zero attached hydrogens (tertiary/aromatic N) is 4. The van der Waals surface area contributed by atoms with Crippen LogP contribution in [0.3, 0.4) is 0 Å². The zero-order valence-corrected chi connectivity index (χ0v) is 25.0. The SMILES string of the molecule is CCNc1ccc(NC(=O)CN(C)C)cc1/N=C1\S/C(=C2\Sc3ccc(O)cc3N2C)C(=O)N1Cc1ccccc1. The van der Waals surface area contributed by atoms with Gasteiger partial charge in [-0.05, 0) is 68.7 Å². The number of rotatable bonds is 8. The number of thioether (sulfide) groups is 2. The molecule has 1 saturated heterocycles. The van der Waals surface area contributed by atoms with Gasteiger partial charge in [0.05, 0.1) is 35.2 Å². The second kappa shape index (κ2) is 12.3. The smallest absolute Gasteiger partial charge is 0.269 e. The van der Waals surface area contributed by atoms with E-state index < -0.39 is 0 Å². The Morgan fingerprint density at radius 2 is 1.83 bits per heavy atom. The Kier molecular flexibility index (Phi) is 8.57. The van der Waals surface area contributed by atoms with Gasteiger partial charge in [0, 0.05) is 30.2 Å². The molecular weight excluding hydrogens is 557 g/mol. The number of hydrogen-bond donors (Lipinski definition) is 3. The number of anilines is 3. The average molecular weight is 589 g/mol. The van der Waals surface area contributed by atoms with Crippen molar-refractivity contribution in [1.29, 1.82) is 0 Å².